The fraction of sp³-hybridized carbons (Fsp3) is 0.154. The maximum atomic E-state index is 11.5. The van der Waals surface area contributed by atoms with Crippen molar-refractivity contribution < 1.29 is 14.7 Å². The van der Waals surface area contributed by atoms with Crippen LogP contribution in [0.5, 0.6) is 0 Å². The summed E-state index contributed by atoms with van der Waals surface area (Å²) in [5, 5.41) is 15.6. The second-order valence-corrected chi connectivity index (χ2v) is 5.20. The van der Waals surface area contributed by atoms with Crippen LogP contribution in [0, 0.1) is 0 Å². The molecule has 1 aromatic carbocycles. The Balaban J connectivity index is 2.04. The number of benzene rings is 1. The van der Waals surface area contributed by atoms with Gasteiger partial charge in [0.05, 0.1) is 5.69 Å². The number of aromatic nitrogens is 1. The fourth-order valence-electron chi connectivity index (χ4n) is 1.52. The molecule has 104 valence electrons. The predicted octanol–water partition coefficient (Wildman–Crippen LogP) is 1.93. The minimum Gasteiger partial charge on any atom is -0.550 e. The molecule has 7 heteroatoms. The molecule has 0 spiro atoms. The van der Waals surface area contributed by atoms with Crippen LogP contribution in [0.15, 0.2) is 29.6 Å². The van der Waals surface area contributed by atoms with Crippen molar-refractivity contribution in [2.24, 2.45) is 0 Å². The van der Waals surface area contributed by atoms with E-state index in [4.69, 9.17) is 11.6 Å². The molecule has 0 saturated heterocycles. The lowest BCUT2D eigenvalue weighted by Gasteiger charge is -2.02. The van der Waals surface area contributed by atoms with Crippen LogP contribution in [0.25, 0.3) is 11.3 Å². The van der Waals surface area contributed by atoms with E-state index in [0.29, 0.717) is 15.8 Å². The van der Waals surface area contributed by atoms with E-state index in [1.54, 1.807) is 11.4 Å². The minimum absolute atomic E-state index is 0.136. The molecule has 1 aromatic heterocycles. The minimum atomic E-state index is -1.25. The zero-order valence-corrected chi connectivity index (χ0v) is 11.8. The fourth-order valence-corrected chi connectivity index (χ4v) is 2.48. The Hall–Kier alpha value is -1.92. The molecule has 2 aromatic rings. The lowest BCUT2D eigenvalue weighted by molar-refractivity contribution is -0.305. The molecule has 1 heterocycles. The molecule has 0 saturated carbocycles. The molecule has 2 rings (SSSR count). The number of halogens is 1. The Bertz CT molecular complexity index is 642. The van der Waals surface area contributed by atoms with Crippen molar-refractivity contribution in [3.8, 4) is 11.3 Å². The number of carboxylic acids is 1. The van der Waals surface area contributed by atoms with Crippen molar-refractivity contribution in [3.63, 3.8) is 0 Å². The molecular formula is C13H10ClN2O3S-. The van der Waals surface area contributed by atoms with Crippen molar-refractivity contribution in [2.45, 2.75) is 12.8 Å². The van der Waals surface area contributed by atoms with Gasteiger partial charge in [0.1, 0.15) is 0 Å². The number of carbonyl (C=O) groups is 2. The normalized spacial score (nSPS) is 10.2. The average Bonchev–Trinajstić information content (AvgIpc) is 2.85. The third-order valence-electron chi connectivity index (χ3n) is 2.46. The van der Waals surface area contributed by atoms with Gasteiger partial charge in [0.15, 0.2) is 5.13 Å². The SMILES string of the molecule is O=C([O-])CCC(=O)Nc1nc(-c2ccccc2Cl)cs1. The first-order chi connectivity index (χ1) is 9.56. The first-order valence-corrected chi connectivity index (χ1v) is 7.02. The van der Waals surface area contributed by atoms with Crippen LogP contribution >= 0.6 is 22.9 Å². The first kappa shape index (κ1) is 14.5. The monoisotopic (exact) mass is 309 g/mol. The van der Waals surface area contributed by atoms with Crippen LogP contribution in [0.3, 0.4) is 0 Å². The number of carboxylic acid groups (broad SMARTS) is 1. The maximum absolute atomic E-state index is 11.5. The summed E-state index contributed by atoms with van der Waals surface area (Å²) in [7, 11) is 0. The number of hydrogen-bond acceptors (Lipinski definition) is 5. The number of nitrogens with one attached hydrogen (secondary N) is 1. The number of aliphatic carboxylic acids is 1. The van der Waals surface area contributed by atoms with Gasteiger partial charge in [-0.3, -0.25) is 4.79 Å². The van der Waals surface area contributed by atoms with Gasteiger partial charge < -0.3 is 15.2 Å². The Kier molecular flexibility index (Phi) is 4.70. The Morgan fingerprint density at radius 1 is 1.30 bits per heavy atom. The third-order valence-corrected chi connectivity index (χ3v) is 3.54. The second kappa shape index (κ2) is 6.49. The molecule has 1 N–H and O–H groups in total. The maximum Gasteiger partial charge on any atom is 0.226 e. The van der Waals surface area contributed by atoms with E-state index in [1.165, 1.54) is 11.3 Å². The molecule has 20 heavy (non-hydrogen) atoms. The van der Waals surface area contributed by atoms with Crippen LogP contribution in [0.1, 0.15) is 12.8 Å². The molecule has 1 amide bonds. The van der Waals surface area contributed by atoms with Gasteiger partial charge in [-0.05, 0) is 12.5 Å². The lowest BCUT2D eigenvalue weighted by Crippen LogP contribution is -2.24. The highest BCUT2D eigenvalue weighted by Crippen LogP contribution is 2.30. The van der Waals surface area contributed by atoms with E-state index in [-0.39, 0.29) is 12.8 Å². The second-order valence-electron chi connectivity index (χ2n) is 3.94. The topological polar surface area (TPSA) is 82.1 Å². The molecule has 0 aliphatic rings. The largest absolute Gasteiger partial charge is 0.550 e. The van der Waals surface area contributed by atoms with Crippen molar-refractivity contribution in [1.29, 1.82) is 0 Å². The number of rotatable bonds is 5. The molecule has 0 aliphatic heterocycles. The van der Waals surface area contributed by atoms with Crippen LogP contribution in [-0.4, -0.2) is 16.9 Å². The van der Waals surface area contributed by atoms with E-state index in [0.717, 1.165) is 5.56 Å². The molecule has 0 fully saturated rings. The molecule has 5 nitrogen and oxygen atoms in total. The zero-order valence-electron chi connectivity index (χ0n) is 10.3. The van der Waals surface area contributed by atoms with Crippen LogP contribution in [-0.2, 0) is 9.59 Å². The van der Waals surface area contributed by atoms with Crippen LogP contribution < -0.4 is 10.4 Å². The van der Waals surface area contributed by atoms with E-state index in [2.05, 4.69) is 10.3 Å². The molecule has 0 radical (unpaired) electrons. The summed E-state index contributed by atoms with van der Waals surface area (Å²) in [5.74, 6) is -1.66. The molecule has 0 unspecified atom stereocenters. The summed E-state index contributed by atoms with van der Waals surface area (Å²) in [6.07, 6.45) is -0.447. The number of carbonyl (C=O) groups excluding carboxylic acids is 2. The van der Waals surface area contributed by atoms with E-state index in [9.17, 15) is 14.7 Å². The quantitative estimate of drug-likeness (QED) is 0.915. The summed E-state index contributed by atoms with van der Waals surface area (Å²) in [5.41, 5.74) is 1.44. The van der Waals surface area contributed by atoms with Gasteiger partial charge in [0.25, 0.3) is 0 Å². The van der Waals surface area contributed by atoms with Gasteiger partial charge in [-0.2, -0.15) is 0 Å². The smallest absolute Gasteiger partial charge is 0.226 e. The summed E-state index contributed by atoms with van der Waals surface area (Å²) in [6.45, 7) is 0. The highest BCUT2D eigenvalue weighted by atomic mass is 35.5. The summed E-state index contributed by atoms with van der Waals surface area (Å²) >= 11 is 7.31. The average molecular weight is 310 g/mol. The highest BCUT2D eigenvalue weighted by molar-refractivity contribution is 7.14. The van der Waals surface area contributed by atoms with Crippen molar-refractivity contribution >= 4 is 39.9 Å². The van der Waals surface area contributed by atoms with Gasteiger partial charge in [-0.15, -0.1) is 11.3 Å². The van der Waals surface area contributed by atoms with Gasteiger partial charge in [0, 0.05) is 28.4 Å². The summed E-state index contributed by atoms with van der Waals surface area (Å²) in [6, 6.07) is 7.26. The van der Waals surface area contributed by atoms with Gasteiger partial charge in [-0.1, -0.05) is 29.8 Å². The Labute approximate surface area is 124 Å². The van der Waals surface area contributed by atoms with Gasteiger partial charge >= 0.3 is 0 Å². The highest BCUT2D eigenvalue weighted by Gasteiger charge is 2.10. The number of nitrogens with zero attached hydrogens (tertiary/aromatic N) is 1. The summed E-state index contributed by atoms with van der Waals surface area (Å²) < 4.78 is 0. The number of anilines is 1. The van der Waals surface area contributed by atoms with Crippen LogP contribution in [0.2, 0.25) is 5.02 Å². The van der Waals surface area contributed by atoms with Crippen molar-refractivity contribution in [3.05, 3.63) is 34.7 Å². The number of hydrogen-bond donors (Lipinski definition) is 1. The zero-order chi connectivity index (χ0) is 14.5. The lowest BCUT2D eigenvalue weighted by atomic mass is 10.2. The molecule has 0 aliphatic carbocycles. The van der Waals surface area contributed by atoms with E-state index < -0.39 is 11.9 Å². The number of thiazole rings is 1. The van der Waals surface area contributed by atoms with Gasteiger partial charge in [0.2, 0.25) is 5.91 Å². The van der Waals surface area contributed by atoms with E-state index >= 15 is 0 Å². The Morgan fingerprint density at radius 3 is 2.75 bits per heavy atom. The van der Waals surface area contributed by atoms with E-state index in [1.807, 2.05) is 18.2 Å². The predicted molar refractivity (Wildman–Crippen MR) is 75.4 cm³/mol. The summed E-state index contributed by atoms with van der Waals surface area (Å²) in [4.78, 5) is 26.0. The standard InChI is InChI=1S/C13H11ClN2O3S/c14-9-4-2-1-3-8(9)10-7-20-13(15-10)16-11(17)5-6-12(18)19/h1-4,7H,5-6H2,(H,18,19)(H,15,16,17)/p-1. The molecule has 0 atom stereocenters. The Morgan fingerprint density at radius 2 is 2.05 bits per heavy atom. The van der Waals surface area contributed by atoms with Gasteiger partial charge in [-0.25, -0.2) is 4.98 Å². The first-order valence-electron chi connectivity index (χ1n) is 5.76. The van der Waals surface area contributed by atoms with Crippen molar-refractivity contribution in [2.75, 3.05) is 5.32 Å². The van der Waals surface area contributed by atoms with Crippen LogP contribution in [0.4, 0.5) is 5.13 Å². The van der Waals surface area contributed by atoms with Crippen molar-refractivity contribution in [1.82, 2.24) is 4.98 Å². The molecular weight excluding hydrogens is 300 g/mol. The third kappa shape index (κ3) is 3.79. The number of amides is 1. The molecule has 0 bridgehead atoms.